The summed E-state index contributed by atoms with van der Waals surface area (Å²) in [6.07, 6.45) is 0. The maximum absolute atomic E-state index is 13.8. The van der Waals surface area contributed by atoms with Crippen LogP contribution in [0.15, 0.2) is 47.4 Å². The lowest BCUT2D eigenvalue weighted by Crippen LogP contribution is -2.31. The van der Waals surface area contributed by atoms with E-state index in [2.05, 4.69) is 4.72 Å². The molecular formula is C19H23FN2O4S. The highest BCUT2D eigenvalue weighted by molar-refractivity contribution is 7.89. The minimum Gasteiger partial charge on any atom is -0.494 e. The second-order valence-electron chi connectivity index (χ2n) is 6.43. The minimum atomic E-state index is -3.70. The van der Waals surface area contributed by atoms with Crippen LogP contribution in [0, 0.1) is 5.82 Å². The number of nitrogens with zero attached hydrogens (tertiary/aromatic N) is 1. The number of carbonyl (C=O) groups excluding carboxylic acids is 1. The van der Waals surface area contributed by atoms with Crippen molar-refractivity contribution in [1.29, 1.82) is 0 Å². The summed E-state index contributed by atoms with van der Waals surface area (Å²) in [6, 6.07) is 10.0. The van der Waals surface area contributed by atoms with Gasteiger partial charge in [0.2, 0.25) is 10.0 Å². The van der Waals surface area contributed by atoms with Gasteiger partial charge in [-0.05, 0) is 49.7 Å². The molecule has 0 fully saturated rings. The summed E-state index contributed by atoms with van der Waals surface area (Å²) in [4.78, 5) is 14.1. The number of carbonyl (C=O) groups is 1. The predicted octanol–water partition coefficient (Wildman–Crippen LogP) is 2.79. The molecule has 0 aliphatic heterocycles. The lowest BCUT2D eigenvalue weighted by molar-refractivity contribution is 0.0784. The fraction of sp³-hybridized carbons (Fsp3) is 0.316. The Kier molecular flexibility index (Phi) is 6.56. The largest absolute Gasteiger partial charge is 0.494 e. The number of amides is 1. The van der Waals surface area contributed by atoms with Crippen molar-refractivity contribution >= 4 is 15.9 Å². The van der Waals surface area contributed by atoms with Crippen LogP contribution >= 0.6 is 0 Å². The molecule has 6 nitrogen and oxygen atoms in total. The second kappa shape index (κ2) is 8.49. The van der Waals surface area contributed by atoms with Crippen LogP contribution in [-0.4, -0.2) is 39.4 Å². The number of sulfonamides is 1. The maximum Gasteiger partial charge on any atom is 0.253 e. The van der Waals surface area contributed by atoms with Crippen molar-refractivity contribution in [2.75, 3.05) is 14.2 Å². The number of halogens is 1. The number of ether oxygens (including phenoxy) is 1. The molecule has 1 amide bonds. The molecule has 0 spiro atoms. The van der Waals surface area contributed by atoms with E-state index in [9.17, 15) is 17.6 Å². The molecule has 0 heterocycles. The van der Waals surface area contributed by atoms with Crippen molar-refractivity contribution in [3.05, 3.63) is 59.4 Å². The number of hydrogen-bond acceptors (Lipinski definition) is 4. The average molecular weight is 394 g/mol. The summed E-state index contributed by atoms with van der Waals surface area (Å²) in [5.74, 6) is -0.750. The fourth-order valence-corrected chi connectivity index (χ4v) is 3.85. The Morgan fingerprint density at radius 2 is 1.93 bits per heavy atom. The van der Waals surface area contributed by atoms with E-state index >= 15 is 0 Å². The number of rotatable bonds is 7. The first-order chi connectivity index (χ1) is 12.6. The highest BCUT2D eigenvalue weighted by Crippen LogP contribution is 2.19. The third kappa shape index (κ3) is 5.27. The summed E-state index contributed by atoms with van der Waals surface area (Å²) < 4.78 is 45.7. The van der Waals surface area contributed by atoms with Crippen molar-refractivity contribution in [2.24, 2.45) is 0 Å². The smallest absolute Gasteiger partial charge is 0.253 e. The normalized spacial score (nSPS) is 11.5. The van der Waals surface area contributed by atoms with Crippen LogP contribution < -0.4 is 9.46 Å². The molecule has 0 aliphatic rings. The molecule has 0 aliphatic carbocycles. The first kappa shape index (κ1) is 20.9. The Morgan fingerprint density at radius 1 is 1.22 bits per heavy atom. The van der Waals surface area contributed by atoms with E-state index in [1.165, 1.54) is 42.3 Å². The number of methoxy groups -OCH3 is 1. The van der Waals surface area contributed by atoms with Crippen molar-refractivity contribution < 1.29 is 22.3 Å². The zero-order chi connectivity index (χ0) is 20.2. The molecule has 2 aromatic rings. The van der Waals surface area contributed by atoms with E-state index in [0.29, 0.717) is 5.56 Å². The van der Waals surface area contributed by atoms with Gasteiger partial charge in [0.05, 0.1) is 12.0 Å². The summed E-state index contributed by atoms with van der Waals surface area (Å²) >= 11 is 0. The summed E-state index contributed by atoms with van der Waals surface area (Å²) in [6.45, 7) is 3.60. The maximum atomic E-state index is 13.8. The molecule has 1 N–H and O–H groups in total. The van der Waals surface area contributed by atoms with E-state index in [1.807, 2.05) is 0 Å². The van der Waals surface area contributed by atoms with Gasteiger partial charge in [-0.1, -0.05) is 12.1 Å². The predicted molar refractivity (Wildman–Crippen MR) is 101 cm³/mol. The first-order valence-corrected chi connectivity index (χ1v) is 9.82. The zero-order valence-corrected chi connectivity index (χ0v) is 16.5. The molecule has 8 heteroatoms. The average Bonchev–Trinajstić information content (AvgIpc) is 2.60. The van der Waals surface area contributed by atoms with E-state index in [4.69, 9.17) is 4.74 Å². The molecule has 27 heavy (non-hydrogen) atoms. The van der Waals surface area contributed by atoms with Gasteiger partial charge in [0.25, 0.3) is 5.91 Å². The molecule has 0 bridgehead atoms. The zero-order valence-electron chi connectivity index (χ0n) is 15.7. The molecule has 146 valence electrons. The van der Waals surface area contributed by atoms with Crippen LogP contribution in [0.25, 0.3) is 0 Å². The summed E-state index contributed by atoms with van der Waals surface area (Å²) in [5.41, 5.74) is 0.826. The van der Waals surface area contributed by atoms with Crippen LogP contribution in [0.1, 0.15) is 29.8 Å². The fourth-order valence-electron chi connectivity index (χ4n) is 2.55. The van der Waals surface area contributed by atoms with Crippen molar-refractivity contribution in [1.82, 2.24) is 9.62 Å². The molecule has 0 saturated carbocycles. The van der Waals surface area contributed by atoms with E-state index in [-0.39, 0.29) is 34.7 Å². The van der Waals surface area contributed by atoms with Gasteiger partial charge in [0.15, 0.2) is 11.6 Å². The monoisotopic (exact) mass is 394 g/mol. The Labute approximate surface area is 159 Å². The lowest BCUT2D eigenvalue weighted by Gasteiger charge is -2.18. The highest BCUT2D eigenvalue weighted by Gasteiger charge is 2.19. The van der Waals surface area contributed by atoms with Crippen molar-refractivity contribution in [3.63, 3.8) is 0 Å². The number of benzene rings is 2. The van der Waals surface area contributed by atoms with Gasteiger partial charge in [-0.3, -0.25) is 4.79 Å². The van der Waals surface area contributed by atoms with Gasteiger partial charge in [0, 0.05) is 25.2 Å². The Bertz CT molecular complexity index is 929. The van der Waals surface area contributed by atoms with E-state index in [1.54, 1.807) is 33.0 Å². The molecule has 0 saturated heterocycles. The van der Waals surface area contributed by atoms with Crippen LogP contribution in [0.5, 0.6) is 5.75 Å². The third-order valence-electron chi connectivity index (χ3n) is 3.76. The molecule has 0 radical (unpaired) electrons. The van der Waals surface area contributed by atoms with Crippen molar-refractivity contribution in [3.8, 4) is 5.75 Å². The van der Waals surface area contributed by atoms with Crippen LogP contribution in [0.4, 0.5) is 4.39 Å². The topological polar surface area (TPSA) is 75.7 Å². The van der Waals surface area contributed by atoms with Crippen molar-refractivity contribution in [2.45, 2.75) is 31.3 Å². The van der Waals surface area contributed by atoms with E-state index in [0.717, 1.165) is 0 Å². The van der Waals surface area contributed by atoms with Gasteiger partial charge in [-0.25, -0.2) is 17.5 Å². The quantitative estimate of drug-likeness (QED) is 0.784. The standard InChI is InChI=1S/C19H23FN2O4S/c1-13(2)21-27(24,25)16-7-5-6-15(11-16)19(23)22(3)12-14-8-9-18(26-4)17(20)10-14/h5-11,13,21H,12H2,1-4H3. The van der Waals surface area contributed by atoms with Gasteiger partial charge >= 0.3 is 0 Å². The molecule has 0 unspecified atom stereocenters. The summed E-state index contributed by atoms with van der Waals surface area (Å²) in [5, 5.41) is 0. The van der Waals surface area contributed by atoms with Crippen LogP contribution in [0.2, 0.25) is 0 Å². The third-order valence-corrected chi connectivity index (χ3v) is 5.42. The number of hydrogen-bond donors (Lipinski definition) is 1. The molecule has 0 atom stereocenters. The Balaban J connectivity index is 2.20. The number of nitrogens with one attached hydrogen (secondary N) is 1. The van der Waals surface area contributed by atoms with Crippen LogP contribution in [-0.2, 0) is 16.6 Å². The Morgan fingerprint density at radius 3 is 2.52 bits per heavy atom. The molecule has 0 aromatic heterocycles. The lowest BCUT2D eigenvalue weighted by atomic mass is 10.1. The van der Waals surface area contributed by atoms with Gasteiger partial charge in [0.1, 0.15) is 0 Å². The van der Waals surface area contributed by atoms with Gasteiger partial charge < -0.3 is 9.64 Å². The van der Waals surface area contributed by atoms with E-state index < -0.39 is 15.8 Å². The van der Waals surface area contributed by atoms with Crippen LogP contribution in [0.3, 0.4) is 0 Å². The molecular weight excluding hydrogens is 371 g/mol. The van der Waals surface area contributed by atoms with Gasteiger partial charge in [-0.2, -0.15) is 0 Å². The molecule has 2 aromatic carbocycles. The second-order valence-corrected chi connectivity index (χ2v) is 8.15. The highest BCUT2D eigenvalue weighted by atomic mass is 32.2. The SMILES string of the molecule is COc1ccc(CN(C)C(=O)c2cccc(S(=O)(=O)NC(C)C)c2)cc1F. The first-order valence-electron chi connectivity index (χ1n) is 8.34. The molecule has 2 rings (SSSR count). The summed E-state index contributed by atoms with van der Waals surface area (Å²) in [7, 11) is -0.752. The Hall–Kier alpha value is -2.45. The minimum absolute atomic E-state index is 0.0194. The van der Waals surface area contributed by atoms with Gasteiger partial charge in [-0.15, -0.1) is 0 Å².